The van der Waals surface area contributed by atoms with Crippen LogP contribution in [-0.4, -0.2) is 45.9 Å². The third-order valence-electron chi connectivity index (χ3n) is 5.89. The fourth-order valence-corrected chi connectivity index (χ4v) is 4.69. The molecule has 0 bridgehead atoms. The number of aromatic nitrogens is 3. The molecule has 2 N–H and O–H groups in total. The monoisotopic (exact) mass is 486 g/mol. The molecule has 0 saturated carbocycles. The molecule has 1 aliphatic rings. The summed E-state index contributed by atoms with van der Waals surface area (Å²) >= 11 is 0. The van der Waals surface area contributed by atoms with E-state index in [0.717, 1.165) is 10.5 Å². The summed E-state index contributed by atoms with van der Waals surface area (Å²) in [6.07, 6.45) is 5.17. The third kappa shape index (κ3) is 5.32. The number of nitrogens with one attached hydrogen (secondary N) is 2. The quantitative estimate of drug-likeness (QED) is 0.529. The van der Waals surface area contributed by atoms with Gasteiger partial charge in [-0.2, -0.15) is 5.10 Å². The molecule has 3 heterocycles. The number of rotatable bonds is 5. The summed E-state index contributed by atoms with van der Waals surface area (Å²) in [5.41, 5.74) is 3.07. The number of hydrogen-bond acceptors (Lipinski definition) is 5. The maximum absolute atomic E-state index is 14.1. The number of pyridine rings is 1. The molecule has 180 valence electrons. The van der Waals surface area contributed by atoms with E-state index in [2.05, 4.69) is 10.4 Å². The minimum atomic E-state index is -2.72. The van der Waals surface area contributed by atoms with Crippen LogP contribution in [0.4, 0.5) is 20.3 Å². The van der Waals surface area contributed by atoms with Gasteiger partial charge in [-0.1, -0.05) is 16.8 Å². The van der Waals surface area contributed by atoms with Gasteiger partial charge in [0.2, 0.25) is 5.92 Å². The van der Waals surface area contributed by atoms with Gasteiger partial charge in [0.15, 0.2) is 0 Å². The van der Waals surface area contributed by atoms with Gasteiger partial charge in [-0.15, -0.1) is 0 Å². The number of nitrogens with zero attached hydrogens (tertiary/aromatic N) is 4. The molecule has 3 aromatic rings. The van der Waals surface area contributed by atoms with Crippen molar-refractivity contribution in [3.63, 3.8) is 0 Å². The second-order valence-electron chi connectivity index (χ2n) is 8.61. The minimum absolute atomic E-state index is 0.114. The van der Waals surface area contributed by atoms with Crippen LogP contribution >= 0.6 is 0 Å². The van der Waals surface area contributed by atoms with E-state index in [1.807, 2.05) is 32.3 Å². The summed E-state index contributed by atoms with van der Waals surface area (Å²) in [6, 6.07) is 9.03. The van der Waals surface area contributed by atoms with E-state index in [0.29, 0.717) is 41.3 Å². The number of halogens is 2. The zero-order chi connectivity index (χ0) is 24.5. The topological polar surface area (TPSA) is 86.9 Å². The maximum Gasteiger partial charge on any atom is 0.259 e. The molecule has 1 atom stereocenters. The third-order valence-corrected chi connectivity index (χ3v) is 6.85. The SMILES string of the molecule is Cc1cc(-c2cnn(C)c2)nc(N2CCCC(F)(F)CC2)c1C(=O)Nc1cccc(S(C)=N)c1. The van der Waals surface area contributed by atoms with E-state index in [1.165, 1.54) is 0 Å². The van der Waals surface area contributed by atoms with Crippen LogP contribution in [0.25, 0.3) is 11.3 Å². The molecule has 0 spiro atoms. The van der Waals surface area contributed by atoms with Crippen molar-refractivity contribution >= 4 is 28.1 Å². The molecule has 1 aliphatic heterocycles. The van der Waals surface area contributed by atoms with Crippen LogP contribution in [-0.2, 0) is 17.7 Å². The van der Waals surface area contributed by atoms with Gasteiger partial charge < -0.3 is 10.2 Å². The van der Waals surface area contributed by atoms with Crippen molar-refractivity contribution in [1.29, 1.82) is 4.78 Å². The summed E-state index contributed by atoms with van der Waals surface area (Å²) in [7, 11) is 1.11. The predicted octanol–water partition coefficient (Wildman–Crippen LogP) is 5.04. The number of amides is 1. The zero-order valence-electron chi connectivity index (χ0n) is 19.4. The van der Waals surface area contributed by atoms with Crippen LogP contribution in [0.2, 0.25) is 0 Å². The lowest BCUT2D eigenvalue weighted by molar-refractivity contribution is -0.0102. The molecule has 0 radical (unpaired) electrons. The van der Waals surface area contributed by atoms with Gasteiger partial charge in [0.05, 0.1) is 17.5 Å². The zero-order valence-corrected chi connectivity index (χ0v) is 20.3. The summed E-state index contributed by atoms with van der Waals surface area (Å²) in [4.78, 5) is 20.8. The van der Waals surface area contributed by atoms with Crippen molar-refractivity contribution in [2.75, 3.05) is 29.6 Å². The molecular weight excluding hydrogens is 458 g/mol. The molecule has 2 aromatic heterocycles. The van der Waals surface area contributed by atoms with Crippen LogP contribution in [0.5, 0.6) is 0 Å². The highest BCUT2D eigenvalue weighted by Gasteiger charge is 2.33. The summed E-state index contributed by atoms with van der Waals surface area (Å²) in [6.45, 7) is 2.34. The van der Waals surface area contributed by atoms with Crippen LogP contribution in [0, 0.1) is 11.7 Å². The predicted molar refractivity (Wildman–Crippen MR) is 131 cm³/mol. The van der Waals surface area contributed by atoms with E-state index in [4.69, 9.17) is 9.76 Å². The van der Waals surface area contributed by atoms with Gasteiger partial charge >= 0.3 is 0 Å². The normalized spacial score (nSPS) is 16.7. The Morgan fingerprint density at radius 1 is 1.24 bits per heavy atom. The summed E-state index contributed by atoms with van der Waals surface area (Å²) in [5, 5.41) is 7.12. The Labute approximate surface area is 200 Å². The highest BCUT2D eigenvalue weighted by molar-refractivity contribution is 7.85. The standard InChI is InChI=1S/C24H28F2N6OS/c1-16-12-20(17-14-28-31(2)15-17)30-22(32-10-5-8-24(25,26)9-11-32)21(16)23(33)29-18-6-4-7-19(13-18)34(3)27/h4,6-7,12-15,27H,5,8-11H2,1-3H3,(H,29,33). The highest BCUT2D eigenvalue weighted by atomic mass is 32.2. The van der Waals surface area contributed by atoms with Gasteiger partial charge in [-0.05, 0) is 49.4 Å². The Bertz CT molecular complexity index is 1240. The molecule has 4 rings (SSSR count). The number of alkyl halides is 2. The molecular formula is C24H28F2N6OS. The van der Waals surface area contributed by atoms with Crippen molar-refractivity contribution in [1.82, 2.24) is 14.8 Å². The molecule has 1 unspecified atom stereocenters. The number of carbonyl (C=O) groups is 1. The smallest absolute Gasteiger partial charge is 0.259 e. The molecule has 34 heavy (non-hydrogen) atoms. The second-order valence-corrected chi connectivity index (χ2v) is 10.1. The van der Waals surface area contributed by atoms with Gasteiger partial charge in [0.1, 0.15) is 5.82 Å². The van der Waals surface area contributed by atoms with Crippen molar-refractivity contribution in [3.05, 3.63) is 53.9 Å². The van der Waals surface area contributed by atoms with Crippen LogP contribution in [0.3, 0.4) is 0 Å². The number of carbonyl (C=O) groups excluding carboxylic acids is 1. The lowest BCUT2D eigenvalue weighted by Crippen LogP contribution is -2.30. The van der Waals surface area contributed by atoms with Gasteiger partial charge in [0.25, 0.3) is 5.91 Å². The second kappa shape index (κ2) is 9.61. The van der Waals surface area contributed by atoms with Crippen molar-refractivity contribution < 1.29 is 13.6 Å². The first-order chi connectivity index (χ1) is 16.1. The van der Waals surface area contributed by atoms with Gasteiger partial charge in [0, 0.05) is 55.3 Å². The number of aryl methyl sites for hydroxylation is 2. The minimum Gasteiger partial charge on any atom is -0.356 e. The number of benzene rings is 1. The number of anilines is 2. The van der Waals surface area contributed by atoms with Crippen LogP contribution < -0.4 is 10.2 Å². The average Bonchev–Trinajstić information content (AvgIpc) is 3.13. The number of hydrogen-bond donors (Lipinski definition) is 2. The molecule has 1 saturated heterocycles. The van der Waals surface area contributed by atoms with E-state index >= 15 is 0 Å². The lowest BCUT2D eigenvalue weighted by atomic mass is 10.0. The Kier molecular flexibility index (Phi) is 6.79. The molecule has 10 heteroatoms. The largest absolute Gasteiger partial charge is 0.356 e. The Hall–Kier alpha value is -3.14. The molecule has 0 aliphatic carbocycles. The van der Waals surface area contributed by atoms with E-state index in [9.17, 15) is 13.6 Å². The van der Waals surface area contributed by atoms with E-state index in [-0.39, 0.29) is 25.3 Å². The van der Waals surface area contributed by atoms with Crippen molar-refractivity contribution in [2.24, 2.45) is 7.05 Å². The molecule has 1 fully saturated rings. The van der Waals surface area contributed by atoms with Gasteiger partial charge in [-0.25, -0.2) is 13.8 Å². The van der Waals surface area contributed by atoms with Crippen LogP contribution in [0.15, 0.2) is 47.6 Å². The fraction of sp³-hybridized carbons (Fsp3) is 0.375. The summed E-state index contributed by atoms with van der Waals surface area (Å²) in [5.74, 6) is -2.67. The first-order valence-electron chi connectivity index (χ1n) is 11.0. The first kappa shape index (κ1) is 24.0. The highest BCUT2D eigenvalue weighted by Crippen LogP contribution is 2.33. The first-order valence-corrected chi connectivity index (χ1v) is 12.7. The summed E-state index contributed by atoms with van der Waals surface area (Å²) < 4.78 is 37.8. The maximum atomic E-state index is 14.1. The fourth-order valence-electron chi connectivity index (χ4n) is 4.10. The van der Waals surface area contributed by atoms with Crippen LogP contribution in [0.1, 0.15) is 35.2 Å². The Morgan fingerprint density at radius 2 is 2.03 bits per heavy atom. The average molecular weight is 487 g/mol. The molecule has 7 nitrogen and oxygen atoms in total. The molecule has 1 amide bonds. The van der Waals surface area contributed by atoms with Gasteiger partial charge in [-0.3, -0.25) is 14.3 Å². The molecule has 1 aromatic carbocycles. The Morgan fingerprint density at radius 3 is 2.74 bits per heavy atom. The van der Waals surface area contributed by atoms with Crippen molar-refractivity contribution in [2.45, 2.75) is 37.0 Å². The lowest BCUT2D eigenvalue weighted by Gasteiger charge is -2.25. The Balaban J connectivity index is 1.75. The van der Waals surface area contributed by atoms with Crippen molar-refractivity contribution in [3.8, 4) is 11.3 Å². The van der Waals surface area contributed by atoms with E-state index < -0.39 is 16.6 Å². The van der Waals surface area contributed by atoms with E-state index in [1.54, 1.807) is 40.2 Å².